The molecule has 14 heteroatoms. The number of rotatable bonds is 5. The zero-order chi connectivity index (χ0) is 29.1. The van der Waals surface area contributed by atoms with Crippen LogP contribution < -0.4 is 16.0 Å². The van der Waals surface area contributed by atoms with Crippen LogP contribution in [-0.2, 0) is 25.8 Å². The monoisotopic (exact) mass is 647 g/mol. The summed E-state index contributed by atoms with van der Waals surface area (Å²) in [5.41, 5.74) is -2.97. The SMILES string of the molecule is O=C(Nc1cc(Cl)cc(Cl)c1)C1C(C(F)(F)c2ccc(Cl)cc2)NC2(C(=O)Nc3c(Cl)cc(Cl)cc32)C1C(=O)O. The molecular formula is C26H16Cl5F2N3O4. The second-order valence-electron chi connectivity index (χ2n) is 9.31. The molecule has 1 spiro atoms. The Morgan fingerprint density at radius 3 is 2.10 bits per heavy atom. The van der Waals surface area contributed by atoms with E-state index in [-0.39, 0.29) is 42.1 Å². The third-order valence-electron chi connectivity index (χ3n) is 6.96. The summed E-state index contributed by atoms with van der Waals surface area (Å²) in [7, 11) is 0. The summed E-state index contributed by atoms with van der Waals surface area (Å²) in [6.45, 7) is 0. The fraction of sp³-hybridized carbons (Fsp3) is 0.192. The van der Waals surface area contributed by atoms with Gasteiger partial charge in [0.05, 0.1) is 22.7 Å². The summed E-state index contributed by atoms with van der Waals surface area (Å²) < 4.78 is 32.6. The molecule has 0 bridgehead atoms. The van der Waals surface area contributed by atoms with Gasteiger partial charge in [-0.15, -0.1) is 0 Å². The van der Waals surface area contributed by atoms with E-state index in [1.807, 2.05) is 0 Å². The molecule has 1 saturated heterocycles. The number of aliphatic carboxylic acids is 1. The lowest BCUT2D eigenvalue weighted by Crippen LogP contribution is -2.53. The Hall–Kier alpha value is -2.66. The molecule has 40 heavy (non-hydrogen) atoms. The fourth-order valence-corrected chi connectivity index (χ4v) is 6.54. The highest BCUT2D eigenvalue weighted by Crippen LogP contribution is 2.55. The molecule has 5 rings (SSSR count). The van der Waals surface area contributed by atoms with Crippen molar-refractivity contribution in [1.82, 2.24) is 5.32 Å². The lowest BCUT2D eigenvalue weighted by atomic mass is 9.74. The number of alkyl halides is 2. The van der Waals surface area contributed by atoms with Gasteiger partial charge in [-0.1, -0.05) is 70.1 Å². The van der Waals surface area contributed by atoms with E-state index in [0.29, 0.717) is 0 Å². The minimum absolute atomic E-state index is 0.00828. The molecule has 0 radical (unpaired) electrons. The maximum absolute atomic E-state index is 16.3. The quantitative estimate of drug-likeness (QED) is 0.243. The maximum Gasteiger partial charge on any atom is 0.310 e. The van der Waals surface area contributed by atoms with Gasteiger partial charge in [0.2, 0.25) is 11.8 Å². The van der Waals surface area contributed by atoms with E-state index < -0.39 is 52.7 Å². The Labute approximate surface area is 250 Å². The Balaban J connectivity index is 1.71. The summed E-state index contributed by atoms with van der Waals surface area (Å²) >= 11 is 30.4. The maximum atomic E-state index is 16.3. The molecule has 3 aromatic rings. The van der Waals surface area contributed by atoms with Crippen LogP contribution in [0.1, 0.15) is 11.1 Å². The number of fused-ring (bicyclic) bond motifs is 2. The Morgan fingerprint density at radius 1 is 0.900 bits per heavy atom. The molecule has 2 heterocycles. The van der Waals surface area contributed by atoms with Crippen LogP contribution in [0.4, 0.5) is 20.2 Å². The van der Waals surface area contributed by atoms with Crippen molar-refractivity contribution in [3.63, 3.8) is 0 Å². The topological polar surface area (TPSA) is 108 Å². The van der Waals surface area contributed by atoms with Crippen LogP contribution in [0.25, 0.3) is 0 Å². The van der Waals surface area contributed by atoms with Gasteiger partial charge in [-0.2, -0.15) is 8.78 Å². The largest absolute Gasteiger partial charge is 0.481 e. The van der Waals surface area contributed by atoms with Crippen molar-refractivity contribution in [2.45, 2.75) is 17.5 Å². The van der Waals surface area contributed by atoms with E-state index in [1.165, 1.54) is 42.5 Å². The molecule has 2 amide bonds. The van der Waals surface area contributed by atoms with E-state index in [2.05, 4.69) is 16.0 Å². The van der Waals surface area contributed by atoms with Gasteiger partial charge in [0.1, 0.15) is 11.5 Å². The molecule has 3 aromatic carbocycles. The number of carbonyl (C=O) groups is 3. The van der Waals surface area contributed by atoms with Crippen LogP contribution in [0.15, 0.2) is 54.6 Å². The van der Waals surface area contributed by atoms with Gasteiger partial charge in [0.25, 0.3) is 5.92 Å². The van der Waals surface area contributed by atoms with Gasteiger partial charge in [0, 0.05) is 36.9 Å². The predicted octanol–water partition coefficient (Wildman–Crippen LogP) is 6.82. The van der Waals surface area contributed by atoms with E-state index in [1.54, 1.807) is 0 Å². The van der Waals surface area contributed by atoms with Gasteiger partial charge in [-0.05, 0) is 42.5 Å². The number of carboxylic acid groups (broad SMARTS) is 1. The van der Waals surface area contributed by atoms with Crippen molar-refractivity contribution in [3.05, 3.63) is 90.8 Å². The van der Waals surface area contributed by atoms with Gasteiger partial charge in [0.15, 0.2) is 0 Å². The second-order valence-corrected chi connectivity index (χ2v) is 11.5. The van der Waals surface area contributed by atoms with Crippen molar-refractivity contribution in [1.29, 1.82) is 0 Å². The number of anilines is 2. The summed E-state index contributed by atoms with van der Waals surface area (Å²) in [5.74, 6) is -11.7. The standard InChI is InChI=1S/C26H16Cl5F2N3O4/c27-11-3-1-10(2-4-11)26(32,33)21-18(22(37)34-15-6-12(28)5-13(29)7-15)19(23(38)39)25(36-21)16-8-14(30)9-17(31)20(16)35-24(25)40/h1-9,18-19,21,36H,(H,34,37)(H,35,40)(H,38,39). The van der Waals surface area contributed by atoms with E-state index in [9.17, 15) is 19.5 Å². The molecule has 1 fully saturated rings. The Bertz CT molecular complexity index is 1550. The zero-order valence-corrected chi connectivity index (χ0v) is 23.5. The van der Waals surface area contributed by atoms with Gasteiger partial charge < -0.3 is 15.7 Å². The molecule has 4 unspecified atom stereocenters. The first-order valence-electron chi connectivity index (χ1n) is 11.5. The van der Waals surface area contributed by atoms with Crippen LogP contribution in [0, 0.1) is 11.8 Å². The number of hydrogen-bond acceptors (Lipinski definition) is 4. The summed E-state index contributed by atoms with van der Waals surface area (Å²) in [6, 6.07) is 8.89. The Morgan fingerprint density at radius 2 is 1.50 bits per heavy atom. The highest BCUT2D eigenvalue weighted by atomic mass is 35.5. The number of nitrogens with one attached hydrogen (secondary N) is 3. The van der Waals surface area contributed by atoms with Crippen LogP contribution in [0.2, 0.25) is 25.1 Å². The zero-order valence-electron chi connectivity index (χ0n) is 19.7. The highest BCUT2D eigenvalue weighted by molar-refractivity contribution is 6.38. The molecular weight excluding hydrogens is 634 g/mol. The normalized spacial score (nSPS) is 23.7. The van der Waals surface area contributed by atoms with E-state index >= 15 is 8.78 Å². The minimum Gasteiger partial charge on any atom is -0.481 e. The lowest BCUT2D eigenvalue weighted by Gasteiger charge is -2.29. The van der Waals surface area contributed by atoms with Crippen molar-refractivity contribution >= 4 is 87.2 Å². The summed E-state index contributed by atoms with van der Waals surface area (Å²) in [6.07, 6.45) is 0. The average Bonchev–Trinajstić information content (AvgIpc) is 3.36. The lowest BCUT2D eigenvalue weighted by molar-refractivity contribution is -0.151. The summed E-state index contributed by atoms with van der Waals surface area (Å²) in [4.78, 5) is 40.1. The number of benzene rings is 3. The number of amides is 2. The highest BCUT2D eigenvalue weighted by Gasteiger charge is 2.71. The number of carbonyl (C=O) groups excluding carboxylic acids is 2. The molecule has 2 aliphatic rings. The van der Waals surface area contributed by atoms with Crippen LogP contribution in [0.5, 0.6) is 0 Å². The summed E-state index contributed by atoms with van der Waals surface area (Å²) in [5, 5.41) is 18.3. The molecule has 0 aromatic heterocycles. The molecule has 208 valence electrons. The fourth-order valence-electron chi connectivity index (χ4n) is 5.35. The molecule has 4 atom stereocenters. The molecule has 2 aliphatic heterocycles. The molecule has 0 aliphatic carbocycles. The van der Waals surface area contributed by atoms with Crippen LogP contribution in [0.3, 0.4) is 0 Å². The van der Waals surface area contributed by atoms with Crippen molar-refractivity contribution < 1.29 is 28.3 Å². The Kier molecular flexibility index (Phi) is 7.44. The van der Waals surface area contributed by atoms with Crippen molar-refractivity contribution in [3.8, 4) is 0 Å². The molecule has 7 nitrogen and oxygen atoms in total. The minimum atomic E-state index is -3.89. The van der Waals surface area contributed by atoms with Crippen LogP contribution >= 0.6 is 58.0 Å². The third kappa shape index (κ3) is 4.68. The number of halogens is 7. The van der Waals surface area contributed by atoms with Crippen molar-refractivity contribution in [2.24, 2.45) is 11.8 Å². The van der Waals surface area contributed by atoms with E-state index in [4.69, 9.17) is 58.0 Å². The smallest absolute Gasteiger partial charge is 0.310 e. The molecule has 0 saturated carbocycles. The first-order chi connectivity index (χ1) is 18.7. The predicted molar refractivity (Wildman–Crippen MR) is 149 cm³/mol. The average molecular weight is 650 g/mol. The number of hydrogen-bond donors (Lipinski definition) is 4. The van der Waals surface area contributed by atoms with Crippen molar-refractivity contribution in [2.75, 3.05) is 10.6 Å². The van der Waals surface area contributed by atoms with Gasteiger partial charge >= 0.3 is 5.97 Å². The van der Waals surface area contributed by atoms with Gasteiger partial charge in [-0.25, -0.2) is 0 Å². The first-order valence-corrected chi connectivity index (χ1v) is 13.4. The molecule has 4 N–H and O–H groups in total. The second kappa shape index (κ2) is 10.3. The number of carboxylic acids is 1. The third-order valence-corrected chi connectivity index (χ3v) is 8.17. The van der Waals surface area contributed by atoms with E-state index in [0.717, 1.165) is 12.1 Å². The first kappa shape index (κ1) is 28.9. The van der Waals surface area contributed by atoms with Gasteiger partial charge in [-0.3, -0.25) is 19.7 Å². The van der Waals surface area contributed by atoms with Crippen LogP contribution in [-0.4, -0.2) is 28.9 Å².